The normalized spacial score (nSPS) is 13.6. The van der Waals surface area contributed by atoms with Crippen molar-refractivity contribution in [2.45, 2.75) is 13.3 Å². The maximum atomic E-state index is 2.23. The predicted molar refractivity (Wildman–Crippen MR) is 95.0 cm³/mol. The van der Waals surface area contributed by atoms with Gasteiger partial charge in [0, 0.05) is 14.6 Å². The molecule has 1 aromatic heterocycles. The quantitative estimate of drug-likeness (QED) is 0.675. The summed E-state index contributed by atoms with van der Waals surface area (Å²) in [6.07, 6.45) is 9.80. The first-order valence-corrected chi connectivity index (χ1v) is 8.05. The fraction of sp³-hybridized carbons (Fsp3) is 0.100. The fourth-order valence-electron chi connectivity index (χ4n) is 2.45. The minimum Gasteiger partial charge on any atom is -0.136 e. The highest BCUT2D eigenvalue weighted by atomic mass is 32.1. The number of rotatable bonds is 3. The van der Waals surface area contributed by atoms with Gasteiger partial charge in [-0.3, -0.25) is 0 Å². The second kappa shape index (κ2) is 6.55. The van der Waals surface area contributed by atoms with Crippen LogP contribution in [0, 0.1) is 0 Å². The smallest absolute Gasteiger partial charge is 0.0355 e. The second-order valence-corrected chi connectivity index (χ2v) is 6.03. The molecule has 0 N–H and O–H groups in total. The highest BCUT2D eigenvalue weighted by Crippen LogP contribution is 2.12. The summed E-state index contributed by atoms with van der Waals surface area (Å²) in [5.41, 5.74) is 1.35. The van der Waals surface area contributed by atoms with Gasteiger partial charge >= 0.3 is 0 Å². The van der Waals surface area contributed by atoms with E-state index in [0.717, 1.165) is 6.42 Å². The van der Waals surface area contributed by atoms with Crippen LogP contribution in [0.25, 0.3) is 22.2 Å². The predicted octanol–water partition coefficient (Wildman–Crippen LogP) is 4.28. The maximum Gasteiger partial charge on any atom is 0.0355 e. The Morgan fingerprint density at radius 1 is 0.952 bits per heavy atom. The minimum atomic E-state index is 0.977. The number of benzene rings is 2. The first-order valence-electron chi connectivity index (χ1n) is 7.23. The van der Waals surface area contributed by atoms with Gasteiger partial charge in [0.1, 0.15) is 0 Å². The Bertz CT molecular complexity index is 867. The van der Waals surface area contributed by atoms with Crippen LogP contribution in [0.15, 0.2) is 66.7 Å². The number of allylic oxidation sites excluding steroid dienone is 2. The van der Waals surface area contributed by atoms with Crippen LogP contribution in [0.3, 0.4) is 0 Å². The molecule has 1 heteroatoms. The molecule has 0 radical (unpaired) electrons. The Morgan fingerprint density at radius 2 is 1.71 bits per heavy atom. The topological polar surface area (TPSA) is 0 Å². The summed E-state index contributed by atoms with van der Waals surface area (Å²) in [5.74, 6) is 0. The molecule has 0 fully saturated rings. The van der Waals surface area contributed by atoms with E-state index in [4.69, 9.17) is 0 Å². The van der Waals surface area contributed by atoms with Crippen LogP contribution in [0.1, 0.15) is 12.5 Å². The summed E-state index contributed by atoms with van der Waals surface area (Å²) in [4.78, 5) is 0. The van der Waals surface area contributed by atoms with E-state index in [0.29, 0.717) is 0 Å². The highest BCUT2D eigenvalue weighted by molar-refractivity contribution is 7.17. The van der Waals surface area contributed by atoms with E-state index in [1.807, 2.05) is 11.3 Å². The molecule has 0 saturated carbocycles. The first kappa shape index (κ1) is 13.8. The van der Waals surface area contributed by atoms with Crippen LogP contribution in [0.4, 0.5) is 0 Å². The lowest BCUT2D eigenvalue weighted by Gasteiger charge is -1.92. The van der Waals surface area contributed by atoms with Gasteiger partial charge in [-0.1, -0.05) is 72.8 Å². The zero-order valence-corrected chi connectivity index (χ0v) is 12.9. The van der Waals surface area contributed by atoms with Crippen LogP contribution in [0.5, 0.6) is 0 Å². The largest absolute Gasteiger partial charge is 0.136 e. The van der Waals surface area contributed by atoms with Gasteiger partial charge in [0.2, 0.25) is 0 Å². The molecular weight excluding hydrogens is 272 g/mol. The molecule has 0 aliphatic rings. The average Bonchev–Trinajstić information content (AvgIpc) is 2.90. The van der Waals surface area contributed by atoms with Crippen molar-refractivity contribution in [2.75, 3.05) is 0 Å². The lowest BCUT2D eigenvalue weighted by molar-refractivity contribution is 1.27. The molecule has 0 atom stereocenters. The number of hydrogen-bond acceptors (Lipinski definition) is 1. The van der Waals surface area contributed by atoms with Gasteiger partial charge in [0.15, 0.2) is 0 Å². The third-order valence-corrected chi connectivity index (χ3v) is 4.77. The van der Waals surface area contributed by atoms with Crippen molar-refractivity contribution in [2.24, 2.45) is 0 Å². The van der Waals surface area contributed by atoms with Gasteiger partial charge in [0.25, 0.3) is 0 Å². The molecule has 3 rings (SSSR count). The second-order valence-electron chi connectivity index (χ2n) is 4.95. The van der Waals surface area contributed by atoms with Crippen molar-refractivity contribution in [1.82, 2.24) is 0 Å². The van der Waals surface area contributed by atoms with Crippen LogP contribution in [-0.4, -0.2) is 0 Å². The first-order chi connectivity index (χ1) is 10.4. The van der Waals surface area contributed by atoms with E-state index < -0.39 is 0 Å². The molecular formula is C20H18S. The molecule has 104 valence electrons. The van der Waals surface area contributed by atoms with Gasteiger partial charge in [0.05, 0.1) is 0 Å². The van der Waals surface area contributed by atoms with Gasteiger partial charge in [-0.15, -0.1) is 11.3 Å². The molecule has 3 aromatic rings. The molecule has 0 amide bonds. The molecule has 0 bridgehead atoms. The molecule has 2 aromatic carbocycles. The molecule has 0 saturated heterocycles. The molecule has 0 unspecified atom stereocenters. The lowest BCUT2D eigenvalue weighted by atomic mass is 10.1. The van der Waals surface area contributed by atoms with Crippen LogP contribution < -0.4 is 9.75 Å². The van der Waals surface area contributed by atoms with Crippen LogP contribution in [-0.2, 0) is 6.42 Å². The van der Waals surface area contributed by atoms with Crippen molar-refractivity contribution in [3.63, 3.8) is 0 Å². The maximum absolute atomic E-state index is 2.23. The monoisotopic (exact) mass is 290 g/mol. The molecule has 21 heavy (non-hydrogen) atoms. The number of hydrogen-bond donors (Lipinski definition) is 0. The Hall–Kier alpha value is -2.12. The van der Waals surface area contributed by atoms with Crippen molar-refractivity contribution >= 4 is 33.6 Å². The molecule has 1 heterocycles. The van der Waals surface area contributed by atoms with E-state index >= 15 is 0 Å². The summed E-state index contributed by atoms with van der Waals surface area (Å²) >= 11 is 1.86. The van der Waals surface area contributed by atoms with E-state index in [1.54, 1.807) is 0 Å². The van der Waals surface area contributed by atoms with Gasteiger partial charge in [-0.25, -0.2) is 0 Å². The van der Waals surface area contributed by atoms with Gasteiger partial charge < -0.3 is 0 Å². The van der Waals surface area contributed by atoms with E-state index in [-0.39, 0.29) is 0 Å². The Balaban J connectivity index is 1.93. The van der Waals surface area contributed by atoms with Crippen molar-refractivity contribution < 1.29 is 0 Å². The summed E-state index contributed by atoms with van der Waals surface area (Å²) < 4.78 is 2.70. The highest BCUT2D eigenvalue weighted by Gasteiger charge is 1.98. The number of fused-ring (bicyclic) bond motifs is 1. The van der Waals surface area contributed by atoms with E-state index in [9.17, 15) is 0 Å². The van der Waals surface area contributed by atoms with Crippen molar-refractivity contribution in [3.05, 3.63) is 82.1 Å². The Kier molecular flexibility index (Phi) is 4.32. The molecule has 0 aliphatic carbocycles. The summed E-state index contributed by atoms with van der Waals surface area (Å²) in [6, 6.07) is 19.2. The van der Waals surface area contributed by atoms with Crippen molar-refractivity contribution in [3.8, 4) is 0 Å². The van der Waals surface area contributed by atoms with Gasteiger partial charge in [-0.2, -0.15) is 0 Å². The molecule has 0 spiro atoms. The Morgan fingerprint density at radius 3 is 2.52 bits per heavy atom. The van der Waals surface area contributed by atoms with E-state index in [2.05, 4.69) is 85.8 Å². The summed E-state index contributed by atoms with van der Waals surface area (Å²) in [6.45, 7) is 2.11. The van der Waals surface area contributed by atoms with Gasteiger partial charge in [-0.05, 0) is 30.2 Å². The summed E-state index contributed by atoms with van der Waals surface area (Å²) in [5, 5.41) is 2.68. The van der Waals surface area contributed by atoms with Crippen LogP contribution >= 0.6 is 11.3 Å². The molecule has 0 aliphatic heterocycles. The van der Waals surface area contributed by atoms with Crippen LogP contribution in [0.2, 0.25) is 0 Å². The third kappa shape index (κ3) is 3.14. The number of thiophene rings is 1. The Labute approximate surface area is 129 Å². The average molecular weight is 290 g/mol. The zero-order valence-electron chi connectivity index (χ0n) is 12.1. The SMILES string of the molecule is C/C=c1/sc2ccccc2/c1=C/C=C\Cc1ccccc1. The van der Waals surface area contributed by atoms with Crippen molar-refractivity contribution in [1.29, 1.82) is 0 Å². The summed E-state index contributed by atoms with van der Waals surface area (Å²) in [7, 11) is 0. The standard InChI is InChI=1S/C20H18S/c1-2-19-17(18-14-8-9-15-20(18)21-19)13-7-6-12-16-10-4-3-5-11-16/h2-11,13-15H,12H2,1H3/b7-6-,17-13-,19-2+. The third-order valence-electron chi connectivity index (χ3n) is 3.52. The minimum absolute atomic E-state index is 0.977. The lowest BCUT2D eigenvalue weighted by Crippen LogP contribution is -2.17. The van der Waals surface area contributed by atoms with E-state index in [1.165, 1.54) is 25.4 Å². The molecule has 0 nitrogen and oxygen atoms in total. The zero-order chi connectivity index (χ0) is 14.5. The fourth-order valence-corrected chi connectivity index (χ4v) is 3.53.